The second-order valence-corrected chi connectivity index (χ2v) is 8.80. The van der Waals surface area contributed by atoms with Crippen molar-refractivity contribution >= 4 is 44.5 Å². The molecule has 1 heterocycles. The molecular weight excluding hydrogens is 500 g/mol. The zero-order valence-electron chi connectivity index (χ0n) is 17.3. The number of thiazole rings is 1. The minimum Gasteiger partial charge on any atom is -0.316 e. The number of nitro groups is 2. The van der Waals surface area contributed by atoms with E-state index < -0.39 is 27.1 Å². The molecule has 0 spiro atoms. The van der Waals surface area contributed by atoms with E-state index in [9.17, 15) is 25.0 Å². The first-order valence-corrected chi connectivity index (χ1v) is 11.4. The first-order valence-electron chi connectivity index (χ1n) is 9.76. The van der Waals surface area contributed by atoms with Crippen molar-refractivity contribution in [1.82, 2.24) is 4.57 Å². The zero-order valence-corrected chi connectivity index (χ0v) is 19.7. The van der Waals surface area contributed by atoms with Gasteiger partial charge in [0.1, 0.15) is 0 Å². The number of nitro benzene ring substituents is 2. The molecule has 1 aromatic heterocycles. The lowest BCUT2D eigenvalue weighted by Gasteiger charge is -2.09. The fourth-order valence-corrected chi connectivity index (χ4v) is 4.81. The summed E-state index contributed by atoms with van der Waals surface area (Å²) in [5, 5.41) is 22.3. The molecule has 166 valence electrons. The van der Waals surface area contributed by atoms with Crippen LogP contribution in [0.25, 0.3) is 11.3 Å². The van der Waals surface area contributed by atoms with Gasteiger partial charge in [-0.25, -0.2) is 0 Å². The number of benzene rings is 2. The van der Waals surface area contributed by atoms with Gasteiger partial charge in [-0.15, -0.1) is 11.3 Å². The van der Waals surface area contributed by atoms with Crippen LogP contribution in [0.2, 0.25) is 0 Å². The Labute approximate surface area is 195 Å². The van der Waals surface area contributed by atoms with E-state index in [2.05, 4.69) is 27.8 Å². The van der Waals surface area contributed by atoms with E-state index in [-0.39, 0.29) is 5.56 Å². The Hall–Kier alpha value is -3.18. The fraction of sp³-hybridized carbons (Fsp3) is 0.238. The Morgan fingerprint density at radius 1 is 1.06 bits per heavy atom. The predicted octanol–water partition coefficient (Wildman–Crippen LogP) is 5.51. The van der Waals surface area contributed by atoms with Crippen LogP contribution in [0.5, 0.6) is 0 Å². The maximum Gasteiger partial charge on any atom is 0.280 e. The largest absolute Gasteiger partial charge is 0.316 e. The van der Waals surface area contributed by atoms with E-state index in [1.54, 1.807) is 0 Å². The van der Waals surface area contributed by atoms with Crippen LogP contribution >= 0.6 is 27.3 Å². The fourth-order valence-electron chi connectivity index (χ4n) is 3.24. The highest BCUT2D eigenvalue weighted by molar-refractivity contribution is 9.10. The molecule has 0 N–H and O–H groups in total. The third kappa shape index (κ3) is 5.00. The van der Waals surface area contributed by atoms with Gasteiger partial charge in [-0.05, 0) is 31.0 Å². The normalized spacial score (nSPS) is 11.5. The molecule has 32 heavy (non-hydrogen) atoms. The number of hydrogen-bond acceptors (Lipinski definition) is 6. The van der Waals surface area contributed by atoms with Crippen molar-refractivity contribution in [3.63, 3.8) is 0 Å². The van der Waals surface area contributed by atoms with Gasteiger partial charge in [0.05, 0.1) is 27.2 Å². The summed E-state index contributed by atoms with van der Waals surface area (Å²) < 4.78 is 2.87. The first-order chi connectivity index (χ1) is 15.2. The van der Waals surface area contributed by atoms with Crippen LogP contribution in [-0.2, 0) is 13.0 Å². The average Bonchev–Trinajstić information content (AvgIpc) is 3.10. The van der Waals surface area contributed by atoms with E-state index in [0.717, 1.165) is 51.6 Å². The van der Waals surface area contributed by atoms with Gasteiger partial charge in [-0.1, -0.05) is 41.4 Å². The maximum atomic E-state index is 12.9. The molecule has 0 aliphatic heterocycles. The van der Waals surface area contributed by atoms with Gasteiger partial charge in [-0.3, -0.25) is 25.0 Å². The van der Waals surface area contributed by atoms with Crippen LogP contribution in [0.15, 0.2) is 51.9 Å². The molecule has 3 aromatic rings. The number of nitrogens with zero attached hydrogens (tertiary/aromatic N) is 4. The third-order valence-corrected chi connectivity index (χ3v) is 6.33. The highest BCUT2D eigenvalue weighted by atomic mass is 79.9. The Morgan fingerprint density at radius 3 is 2.16 bits per heavy atom. The van der Waals surface area contributed by atoms with Gasteiger partial charge in [0.15, 0.2) is 4.80 Å². The number of aromatic nitrogens is 1. The van der Waals surface area contributed by atoms with Crippen molar-refractivity contribution in [3.05, 3.63) is 82.4 Å². The topological polar surface area (TPSA) is 121 Å². The number of carbonyl (C=O) groups is 1. The molecule has 2 aromatic carbocycles. The summed E-state index contributed by atoms with van der Waals surface area (Å²) in [7, 11) is 0. The lowest BCUT2D eigenvalue weighted by atomic mass is 10.1. The Bertz CT molecular complexity index is 1230. The molecule has 0 saturated heterocycles. The molecular formula is C21H19BrN4O5S. The van der Waals surface area contributed by atoms with Gasteiger partial charge in [0, 0.05) is 28.0 Å². The first kappa shape index (κ1) is 23.5. The minimum absolute atomic E-state index is 0.204. The van der Waals surface area contributed by atoms with Crippen LogP contribution in [0.4, 0.5) is 11.4 Å². The molecule has 0 unspecified atom stereocenters. The van der Waals surface area contributed by atoms with Crippen LogP contribution in [0, 0.1) is 20.2 Å². The molecule has 11 heteroatoms. The Kier molecular flexibility index (Phi) is 7.31. The van der Waals surface area contributed by atoms with Crippen molar-refractivity contribution in [2.75, 3.05) is 0 Å². The van der Waals surface area contributed by atoms with Crippen molar-refractivity contribution < 1.29 is 14.6 Å². The van der Waals surface area contributed by atoms with Crippen LogP contribution in [-0.4, -0.2) is 20.3 Å². The summed E-state index contributed by atoms with van der Waals surface area (Å²) in [5.74, 6) is -0.773. The van der Waals surface area contributed by atoms with Crippen LogP contribution in [0.3, 0.4) is 0 Å². The minimum atomic E-state index is -0.773. The Balaban J connectivity index is 2.17. The molecule has 0 saturated carbocycles. The second kappa shape index (κ2) is 9.96. The Morgan fingerprint density at radius 2 is 1.66 bits per heavy atom. The van der Waals surface area contributed by atoms with E-state index >= 15 is 0 Å². The molecule has 0 fully saturated rings. The van der Waals surface area contributed by atoms with Crippen molar-refractivity contribution in [2.45, 2.75) is 33.2 Å². The number of carbonyl (C=O) groups excluding carboxylic acids is 1. The summed E-state index contributed by atoms with van der Waals surface area (Å²) in [6.07, 6.45) is 1.69. The summed E-state index contributed by atoms with van der Waals surface area (Å²) in [4.78, 5) is 39.3. The number of hydrogen-bond donors (Lipinski definition) is 0. The van der Waals surface area contributed by atoms with Gasteiger partial charge < -0.3 is 4.57 Å². The molecule has 0 aliphatic carbocycles. The lowest BCUT2D eigenvalue weighted by molar-refractivity contribution is -0.394. The quantitative estimate of drug-likeness (QED) is 0.301. The van der Waals surface area contributed by atoms with E-state index in [1.807, 2.05) is 35.8 Å². The number of non-ortho nitro benzene ring substituents is 2. The number of aryl methyl sites for hydroxylation is 1. The van der Waals surface area contributed by atoms with Crippen molar-refractivity contribution in [3.8, 4) is 11.3 Å². The van der Waals surface area contributed by atoms with E-state index in [1.165, 1.54) is 11.3 Å². The standard InChI is InChI=1S/C21H19BrN4O5S/c1-3-5-18-19(13-6-8-15(22)9-7-13)24(4-2)21(32-18)23-20(27)14-10-16(25(28)29)12-17(11-14)26(30)31/h6-12H,3-5H2,1-2H3. The highest BCUT2D eigenvalue weighted by Gasteiger charge is 2.21. The lowest BCUT2D eigenvalue weighted by Crippen LogP contribution is -2.17. The number of amides is 1. The van der Waals surface area contributed by atoms with E-state index in [0.29, 0.717) is 11.3 Å². The molecule has 1 amide bonds. The molecule has 0 radical (unpaired) electrons. The summed E-state index contributed by atoms with van der Waals surface area (Å²) >= 11 is 4.81. The highest BCUT2D eigenvalue weighted by Crippen LogP contribution is 2.29. The van der Waals surface area contributed by atoms with Crippen LogP contribution in [0.1, 0.15) is 35.5 Å². The zero-order chi connectivity index (χ0) is 23.4. The smallest absolute Gasteiger partial charge is 0.280 e. The summed E-state index contributed by atoms with van der Waals surface area (Å²) in [5.41, 5.74) is 0.672. The monoisotopic (exact) mass is 518 g/mol. The summed E-state index contributed by atoms with van der Waals surface area (Å²) in [6, 6.07) is 10.7. The average molecular weight is 519 g/mol. The second-order valence-electron chi connectivity index (χ2n) is 6.83. The van der Waals surface area contributed by atoms with Gasteiger partial charge in [0.25, 0.3) is 17.3 Å². The SMILES string of the molecule is CCCc1sc(=NC(=O)c2cc([N+](=O)[O-])cc([N+](=O)[O-])c2)n(CC)c1-c1ccc(Br)cc1. The van der Waals surface area contributed by atoms with E-state index in [4.69, 9.17) is 0 Å². The van der Waals surface area contributed by atoms with Crippen molar-refractivity contribution in [1.29, 1.82) is 0 Å². The van der Waals surface area contributed by atoms with Gasteiger partial charge >= 0.3 is 0 Å². The number of halogens is 1. The molecule has 3 rings (SSSR count). The molecule has 0 aliphatic rings. The molecule has 9 nitrogen and oxygen atoms in total. The summed E-state index contributed by atoms with van der Waals surface area (Å²) in [6.45, 7) is 4.55. The van der Waals surface area contributed by atoms with Gasteiger partial charge in [-0.2, -0.15) is 4.99 Å². The molecule has 0 bridgehead atoms. The van der Waals surface area contributed by atoms with Crippen LogP contribution < -0.4 is 4.80 Å². The van der Waals surface area contributed by atoms with Crippen molar-refractivity contribution in [2.24, 2.45) is 4.99 Å². The number of rotatable bonds is 7. The predicted molar refractivity (Wildman–Crippen MR) is 125 cm³/mol. The van der Waals surface area contributed by atoms with Gasteiger partial charge in [0.2, 0.25) is 0 Å². The maximum absolute atomic E-state index is 12.9. The third-order valence-electron chi connectivity index (χ3n) is 4.66. The molecule has 0 atom stereocenters.